The van der Waals surface area contributed by atoms with Gasteiger partial charge in [-0.05, 0) is 74.1 Å². The molecular formula is C28H27Cl2N5O3S2. The number of nitrogens with one attached hydrogen (secondary N) is 2. The van der Waals surface area contributed by atoms with E-state index in [1.54, 1.807) is 24.4 Å². The zero-order valence-electron chi connectivity index (χ0n) is 22.1. The second-order valence-electron chi connectivity index (χ2n) is 9.49. The van der Waals surface area contributed by atoms with Gasteiger partial charge in [0, 0.05) is 29.3 Å². The lowest BCUT2D eigenvalue weighted by molar-refractivity contribution is 0.417. The molecule has 2 aromatic carbocycles. The van der Waals surface area contributed by atoms with E-state index >= 15 is 0 Å². The lowest BCUT2D eigenvalue weighted by Crippen LogP contribution is -2.29. The van der Waals surface area contributed by atoms with Gasteiger partial charge in [0.05, 0.1) is 52.6 Å². The van der Waals surface area contributed by atoms with Crippen LogP contribution in [0, 0.1) is 13.8 Å². The number of ether oxygens (including phenoxy) is 1. The summed E-state index contributed by atoms with van der Waals surface area (Å²) in [6.07, 6.45) is 2.85. The molecule has 5 rings (SSSR count). The Morgan fingerprint density at radius 1 is 1.07 bits per heavy atom. The van der Waals surface area contributed by atoms with Crippen molar-refractivity contribution < 1.29 is 13.2 Å². The number of sulfonamides is 1. The first-order valence-corrected chi connectivity index (χ1v) is 15.4. The molecular weight excluding hydrogens is 589 g/mol. The van der Waals surface area contributed by atoms with Crippen LogP contribution in [0.3, 0.4) is 0 Å². The van der Waals surface area contributed by atoms with E-state index in [0.717, 1.165) is 40.3 Å². The maximum atomic E-state index is 11.9. The molecule has 0 bridgehead atoms. The molecule has 4 aromatic rings. The summed E-state index contributed by atoms with van der Waals surface area (Å²) in [5, 5.41) is 4.90. The summed E-state index contributed by atoms with van der Waals surface area (Å²) < 4.78 is 33.9. The quantitative estimate of drug-likeness (QED) is 0.234. The fourth-order valence-electron chi connectivity index (χ4n) is 5.19. The zero-order valence-corrected chi connectivity index (χ0v) is 25.3. The number of aromatic nitrogens is 2. The van der Waals surface area contributed by atoms with E-state index in [2.05, 4.69) is 25.7 Å². The molecule has 2 unspecified atom stereocenters. The van der Waals surface area contributed by atoms with Gasteiger partial charge in [0.15, 0.2) is 5.11 Å². The molecule has 208 valence electrons. The monoisotopic (exact) mass is 615 g/mol. The van der Waals surface area contributed by atoms with Crippen LogP contribution in [-0.4, -0.2) is 36.4 Å². The Morgan fingerprint density at radius 2 is 1.85 bits per heavy atom. The Balaban J connectivity index is 1.68. The van der Waals surface area contributed by atoms with Crippen molar-refractivity contribution in [2.24, 2.45) is 0 Å². The Bertz CT molecular complexity index is 1710. The molecule has 2 atom stereocenters. The summed E-state index contributed by atoms with van der Waals surface area (Å²) in [5.74, 6) is 0.363. The fraction of sp³-hybridized carbons (Fsp3) is 0.214. The molecule has 8 nitrogen and oxygen atoms in total. The highest BCUT2D eigenvalue weighted by Crippen LogP contribution is 2.45. The smallest absolute Gasteiger partial charge is 0.229 e. The number of aryl methyl sites for hydroxylation is 1. The third kappa shape index (κ3) is 5.24. The van der Waals surface area contributed by atoms with Gasteiger partial charge in [-0.2, -0.15) is 0 Å². The summed E-state index contributed by atoms with van der Waals surface area (Å²) >= 11 is 18.9. The standard InChI is InChI=1S/C28H27Cl2N5O3S2/c1-16-14-19(17(2)34(16)23-10-7-8-20(29)25(23)30)27-26(22-9-5-6-13-31-22)32-28(39)35(27)18-11-12-21(24(15-18)38-3)33-40(4,36)37/h5-15,26-27,33H,1-4H3,(H,32,39). The van der Waals surface area contributed by atoms with Crippen molar-refractivity contribution >= 4 is 61.9 Å². The summed E-state index contributed by atoms with van der Waals surface area (Å²) in [6, 6.07) is 18.1. The molecule has 1 aliphatic rings. The van der Waals surface area contributed by atoms with Crippen molar-refractivity contribution in [1.82, 2.24) is 14.9 Å². The molecule has 2 N–H and O–H groups in total. The Morgan fingerprint density at radius 3 is 2.52 bits per heavy atom. The predicted octanol–water partition coefficient (Wildman–Crippen LogP) is 6.35. The second-order valence-corrected chi connectivity index (χ2v) is 12.4. The minimum atomic E-state index is -3.50. The van der Waals surface area contributed by atoms with E-state index in [-0.39, 0.29) is 12.1 Å². The van der Waals surface area contributed by atoms with E-state index < -0.39 is 10.0 Å². The van der Waals surface area contributed by atoms with Gasteiger partial charge in [-0.15, -0.1) is 0 Å². The molecule has 1 saturated heterocycles. The fourth-order valence-corrected chi connectivity index (χ4v) is 6.48. The SMILES string of the molecule is COc1cc(N2C(=S)NC(c3ccccn3)C2c2cc(C)n(-c3cccc(Cl)c3Cl)c2C)ccc1NS(C)(=O)=O. The van der Waals surface area contributed by atoms with Crippen LogP contribution >= 0.6 is 35.4 Å². The van der Waals surface area contributed by atoms with Gasteiger partial charge in [0.25, 0.3) is 0 Å². The lowest BCUT2D eigenvalue weighted by Gasteiger charge is -2.29. The Labute approximate surface area is 248 Å². The summed E-state index contributed by atoms with van der Waals surface area (Å²) in [7, 11) is -2.01. The van der Waals surface area contributed by atoms with Gasteiger partial charge < -0.3 is 19.5 Å². The van der Waals surface area contributed by atoms with Gasteiger partial charge in [0.1, 0.15) is 5.75 Å². The third-order valence-corrected chi connectivity index (χ3v) is 8.53. The molecule has 0 spiro atoms. The normalized spacial score (nSPS) is 17.1. The van der Waals surface area contributed by atoms with Gasteiger partial charge in [-0.3, -0.25) is 9.71 Å². The number of halogens is 2. The molecule has 3 heterocycles. The number of anilines is 2. The van der Waals surface area contributed by atoms with Gasteiger partial charge >= 0.3 is 0 Å². The van der Waals surface area contributed by atoms with Crippen molar-refractivity contribution in [2.45, 2.75) is 25.9 Å². The number of hydrogen-bond donors (Lipinski definition) is 2. The average molecular weight is 617 g/mol. The van der Waals surface area contributed by atoms with Crippen LogP contribution in [0.15, 0.2) is 66.9 Å². The molecule has 0 saturated carbocycles. The molecule has 2 aromatic heterocycles. The van der Waals surface area contributed by atoms with Gasteiger partial charge in [-0.1, -0.05) is 35.3 Å². The molecule has 40 heavy (non-hydrogen) atoms. The van der Waals surface area contributed by atoms with E-state index in [9.17, 15) is 8.42 Å². The van der Waals surface area contributed by atoms with E-state index in [4.69, 9.17) is 40.2 Å². The average Bonchev–Trinajstić information content (AvgIpc) is 3.40. The number of benzene rings is 2. The molecule has 0 amide bonds. The summed E-state index contributed by atoms with van der Waals surface area (Å²) in [5.41, 5.74) is 5.61. The zero-order chi connectivity index (χ0) is 28.8. The van der Waals surface area contributed by atoms with Crippen molar-refractivity contribution in [3.8, 4) is 11.4 Å². The molecule has 1 fully saturated rings. The number of methoxy groups -OCH3 is 1. The van der Waals surface area contributed by atoms with Crippen LogP contribution in [0.4, 0.5) is 11.4 Å². The number of pyridine rings is 1. The van der Waals surface area contributed by atoms with Gasteiger partial charge in [0.2, 0.25) is 10.0 Å². The van der Waals surface area contributed by atoms with Crippen molar-refractivity contribution in [3.05, 3.63) is 99.6 Å². The highest BCUT2D eigenvalue weighted by molar-refractivity contribution is 7.92. The summed E-state index contributed by atoms with van der Waals surface area (Å²) in [4.78, 5) is 6.64. The first kappa shape index (κ1) is 28.2. The highest BCUT2D eigenvalue weighted by atomic mass is 35.5. The van der Waals surface area contributed by atoms with Crippen LogP contribution in [0.5, 0.6) is 5.75 Å². The molecule has 1 aliphatic heterocycles. The highest BCUT2D eigenvalue weighted by Gasteiger charge is 2.42. The number of rotatable bonds is 7. The van der Waals surface area contributed by atoms with Crippen LogP contribution in [-0.2, 0) is 10.0 Å². The Kier molecular flexibility index (Phi) is 7.71. The lowest BCUT2D eigenvalue weighted by atomic mass is 9.96. The van der Waals surface area contributed by atoms with Crippen LogP contribution in [0.2, 0.25) is 10.0 Å². The van der Waals surface area contributed by atoms with Crippen LogP contribution < -0.4 is 19.7 Å². The predicted molar refractivity (Wildman–Crippen MR) is 165 cm³/mol. The van der Waals surface area contributed by atoms with E-state index in [1.165, 1.54) is 7.11 Å². The van der Waals surface area contributed by atoms with E-state index in [0.29, 0.717) is 26.6 Å². The molecule has 12 heteroatoms. The van der Waals surface area contributed by atoms with Gasteiger partial charge in [-0.25, -0.2) is 8.42 Å². The maximum Gasteiger partial charge on any atom is 0.229 e. The summed E-state index contributed by atoms with van der Waals surface area (Å²) in [6.45, 7) is 4.05. The molecule has 0 aliphatic carbocycles. The molecule has 0 radical (unpaired) electrons. The van der Waals surface area contributed by atoms with E-state index in [1.807, 2.05) is 55.1 Å². The van der Waals surface area contributed by atoms with Crippen LogP contribution in [0.25, 0.3) is 5.69 Å². The minimum absolute atomic E-state index is 0.280. The maximum absolute atomic E-state index is 11.9. The van der Waals surface area contributed by atoms with Crippen molar-refractivity contribution in [1.29, 1.82) is 0 Å². The van der Waals surface area contributed by atoms with Crippen molar-refractivity contribution in [3.63, 3.8) is 0 Å². The number of thiocarbonyl (C=S) groups is 1. The topological polar surface area (TPSA) is 88.5 Å². The first-order chi connectivity index (χ1) is 19.0. The van der Waals surface area contributed by atoms with Crippen molar-refractivity contribution in [2.75, 3.05) is 23.0 Å². The Hall–Kier alpha value is -3.31. The third-order valence-electron chi connectivity index (χ3n) is 6.82. The second kappa shape index (κ2) is 10.9. The first-order valence-electron chi connectivity index (χ1n) is 12.3. The largest absolute Gasteiger partial charge is 0.494 e. The number of hydrogen-bond acceptors (Lipinski definition) is 5. The minimum Gasteiger partial charge on any atom is -0.494 e. The number of nitrogens with zero attached hydrogens (tertiary/aromatic N) is 3. The van der Waals surface area contributed by atoms with Crippen LogP contribution in [0.1, 0.15) is 34.7 Å².